The highest BCUT2D eigenvalue weighted by Crippen LogP contribution is 2.62. The molecule has 0 N–H and O–H groups in total. The van der Waals surface area contributed by atoms with Gasteiger partial charge < -0.3 is 33.2 Å². The Labute approximate surface area is 296 Å². The van der Waals surface area contributed by atoms with Crippen molar-refractivity contribution in [3.63, 3.8) is 0 Å². The summed E-state index contributed by atoms with van der Waals surface area (Å²) in [7, 11) is 0. The Morgan fingerprint density at radius 3 is 2.06 bits per heavy atom. The van der Waals surface area contributed by atoms with Gasteiger partial charge in [0.1, 0.15) is 12.7 Å². The molecule has 0 bridgehead atoms. The summed E-state index contributed by atoms with van der Waals surface area (Å²) >= 11 is 0. The van der Waals surface area contributed by atoms with Crippen molar-refractivity contribution >= 4 is 29.8 Å². The molecule has 1 aliphatic heterocycles. The summed E-state index contributed by atoms with van der Waals surface area (Å²) in [5.41, 5.74) is 1.89. The lowest BCUT2D eigenvalue weighted by Crippen LogP contribution is -2.64. The van der Waals surface area contributed by atoms with Crippen LogP contribution < -0.4 is 0 Å². The molecule has 50 heavy (non-hydrogen) atoms. The molecule has 1 heterocycles. The van der Waals surface area contributed by atoms with Crippen molar-refractivity contribution in [2.24, 2.45) is 22.7 Å². The van der Waals surface area contributed by atoms with Gasteiger partial charge in [-0.05, 0) is 76.7 Å². The molecule has 0 aromatic heterocycles. The van der Waals surface area contributed by atoms with Crippen LogP contribution in [0.3, 0.4) is 0 Å². The summed E-state index contributed by atoms with van der Waals surface area (Å²) in [6.07, 6.45) is 2.51. The van der Waals surface area contributed by atoms with E-state index in [1.54, 1.807) is 19.9 Å². The van der Waals surface area contributed by atoms with Crippen LogP contribution in [0.1, 0.15) is 102 Å². The molecule has 12 nitrogen and oxygen atoms in total. The van der Waals surface area contributed by atoms with E-state index in [4.69, 9.17) is 33.2 Å². The van der Waals surface area contributed by atoms with Gasteiger partial charge in [0.05, 0.1) is 12.7 Å². The van der Waals surface area contributed by atoms with Gasteiger partial charge in [-0.25, -0.2) is 4.79 Å². The van der Waals surface area contributed by atoms with Gasteiger partial charge in [0.15, 0.2) is 24.6 Å². The zero-order valence-electron chi connectivity index (χ0n) is 31.5. The normalized spacial score (nSPS) is 32.5. The van der Waals surface area contributed by atoms with Crippen molar-refractivity contribution in [3.8, 4) is 0 Å². The van der Waals surface area contributed by atoms with E-state index in [1.807, 2.05) is 13.0 Å². The lowest BCUT2D eigenvalue weighted by molar-refractivity contribution is -0.314. The van der Waals surface area contributed by atoms with Gasteiger partial charge >= 0.3 is 29.8 Å². The smallest absolute Gasteiger partial charge is 0.333 e. The average molecular weight is 705 g/mol. The molecule has 3 rings (SSSR count). The first-order valence-corrected chi connectivity index (χ1v) is 17.4. The van der Waals surface area contributed by atoms with E-state index < -0.39 is 66.1 Å². The lowest BCUT2D eigenvalue weighted by atomic mass is 9.46. The first-order valence-electron chi connectivity index (χ1n) is 17.4. The van der Waals surface area contributed by atoms with E-state index in [9.17, 15) is 24.0 Å². The molecule has 0 amide bonds. The second kappa shape index (κ2) is 17.1. The topological polar surface area (TPSA) is 150 Å². The third-order valence-corrected chi connectivity index (χ3v) is 10.6. The maximum absolute atomic E-state index is 13.4. The number of carbonyl (C=O) groups is 5. The summed E-state index contributed by atoms with van der Waals surface area (Å²) in [5.74, 6) is -2.54. The van der Waals surface area contributed by atoms with E-state index >= 15 is 0 Å². The molecule has 1 saturated heterocycles. The maximum atomic E-state index is 13.4. The molecular formula is C38H56O12. The van der Waals surface area contributed by atoms with Crippen LogP contribution >= 0.6 is 0 Å². The number of hydrogen-bond acceptors (Lipinski definition) is 12. The molecular weight excluding hydrogens is 648 g/mol. The summed E-state index contributed by atoms with van der Waals surface area (Å²) in [5, 5.41) is 0. The van der Waals surface area contributed by atoms with Crippen molar-refractivity contribution in [1.82, 2.24) is 0 Å². The third kappa shape index (κ3) is 9.84. The summed E-state index contributed by atoms with van der Waals surface area (Å²) in [4.78, 5) is 61.1. The number of carbonyl (C=O) groups excluding carboxylic acids is 5. The Morgan fingerprint density at radius 2 is 1.48 bits per heavy atom. The van der Waals surface area contributed by atoms with Gasteiger partial charge in [-0.1, -0.05) is 44.1 Å². The van der Waals surface area contributed by atoms with Crippen molar-refractivity contribution < 1.29 is 57.1 Å². The van der Waals surface area contributed by atoms with Gasteiger partial charge in [-0.15, -0.1) is 0 Å². The first-order chi connectivity index (χ1) is 23.3. The van der Waals surface area contributed by atoms with Crippen LogP contribution in [0, 0.1) is 22.7 Å². The predicted molar refractivity (Wildman–Crippen MR) is 182 cm³/mol. The molecule has 3 aliphatic rings. The Kier molecular flexibility index (Phi) is 14.0. The number of rotatable bonds is 12. The highest BCUT2D eigenvalue weighted by atomic mass is 16.7. The maximum Gasteiger partial charge on any atom is 0.333 e. The van der Waals surface area contributed by atoms with Gasteiger partial charge in [0, 0.05) is 38.7 Å². The van der Waals surface area contributed by atoms with E-state index in [0.717, 1.165) is 24.8 Å². The van der Waals surface area contributed by atoms with E-state index in [0.29, 0.717) is 12.0 Å². The van der Waals surface area contributed by atoms with E-state index in [-0.39, 0.29) is 36.4 Å². The zero-order chi connectivity index (χ0) is 37.6. The molecule has 2 aliphatic carbocycles. The minimum absolute atomic E-state index is 0.0938. The Morgan fingerprint density at radius 1 is 0.860 bits per heavy atom. The van der Waals surface area contributed by atoms with Crippen LogP contribution in [0.2, 0.25) is 0 Å². The second-order valence-electron chi connectivity index (χ2n) is 14.7. The predicted octanol–water partition coefficient (Wildman–Crippen LogP) is 5.71. The molecule has 280 valence electrons. The fraction of sp³-hybridized carbons (Fsp3) is 0.711. The average Bonchev–Trinajstić information content (AvgIpc) is 2.99. The highest BCUT2D eigenvalue weighted by Gasteiger charge is 2.61. The number of hydrogen-bond donors (Lipinski definition) is 0. The summed E-state index contributed by atoms with van der Waals surface area (Å²) < 4.78 is 40.9. The molecule has 12 heteroatoms. The van der Waals surface area contributed by atoms with Gasteiger partial charge in [-0.2, -0.15) is 0 Å². The standard InChI is InChI=1S/C38H56O12/c1-12-22(3)35(43)50-34-29(49-36-33(48-27(8)42)32(47-26(7)41)30(20-45-36)46-25(6)40)19-38(11)28(15-13-21(2)17-18-44-24(5)39)23(4)14-16-31(38)37(34,9)10/h12,14,17,28-34,36H,13,15-16,18-20H2,1-11H3. The minimum atomic E-state index is -1.29. The molecule has 0 radical (unpaired) electrons. The van der Waals surface area contributed by atoms with Crippen molar-refractivity contribution in [1.29, 1.82) is 0 Å². The summed E-state index contributed by atoms with van der Waals surface area (Å²) in [6, 6.07) is 0. The monoisotopic (exact) mass is 704 g/mol. The number of ether oxygens (including phenoxy) is 7. The molecule has 1 saturated carbocycles. The lowest BCUT2D eigenvalue weighted by Gasteiger charge is -2.61. The third-order valence-electron chi connectivity index (χ3n) is 10.6. The van der Waals surface area contributed by atoms with Crippen LogP contribution in [0.25, 0.3) is 0 Å². The van der Waals surface area contributed by atoms with Gasteiger partial charge in [-0.3, -0.25) is 19.2 Å². The fourth-order valence-electron chi connectivity index (χ4n) is 8.14. The largest absolute Gasteiger partial charge is 0.462 e. The second-order valence-corrected chi connectivity index (χ2v) is 14.7. The van der Waals surface area contributed by atoms with Crippen LogP contribution in [0.4, 0.5) is 0 Å². The van der Waals surface area contributed by atoms with Crippen LogP contribution in [-0.4, -0.2) is 79.9 Å². The van der Waals surface area contributed by atoms with Crippen molar-refractivity contribution in [3.05, 3.63) is 34.9 Å². The molecule has 2 fully saturated rings. The van der Waals surface area contributed by atoms with Crippen molar-refractivity contribution in [2.45, 2.75) is 139 Å². The number of fused-ring (bicyclic) bond motifs is 1. The van der Waals surface area contributed by atoms with Crippen molar-refractivity contribution in [2.75, 3.05) is 13.2 Å². The molecule has 0 aromatic rings. The number of esters is 5. The van der Waals surface area contributed by atoms with Crippen LogP contribution in [0.5, 0.6) is 0 Å². The van der Waals surface area contributed by atoms with Gasteiger partial charge in [0.2, 0.25) is 0 Å². The Bertz CT molecular complexity index is 1380. The quantitative estimate of drug-likeness (QED) is 0.106. The van der Waals surface area contributed by atoms with Crippen LogP contribution in [-0.2, 0) is 57.1 Å². The zero-order valence-corrected chi connectivity index (χ0v) is 31.5. The van der Waals surface area contributed by atoms with Gasteiger partial charge in [0.25, 0.3) is 0 Å². The molecule has 0 aromatic carbocycles. The molecule has 9 unspecified atom stereocenters. The highest BCUT2D eigenvalue weighted by molar-refractivity contribution is 5.87. The van der Waals surface area contributed by atoms with Crippen LogP contribution in [0.15, 0.2) is 34.9 Å². The molecule has 9 atom stereocenters. The SMILES string of the molecule is CC=C(C)C(=O)OC1C(OC2OCC(OC(C)=O)C(OC(C)=O)C2OC(C)=O)CC2(C)C(CCC(C)=CCOC(C)=O)C(C)=CCC2C1(C)C. The summed E-state index contributed by atoms with van der Waals surface area (Å²) in [6.45, 7) is 19.1. The number of allylic oxidation sites excluding steroid dienone is 4. The Balaban J connectivity index is 2.06. The molecule has 0 spiro atoms. The van der Waals surface area contributed by atoms with E-state index in [1.165, 1.54) is 33.3 Å². The van der Waals surface area contributed by atoms with E-state index in [2.05, 4.69) is 33.8 Å². The first kappa shape index (κ1) is 40.9. The fourth-order valence-corrected chi connectivity index (χ4v) is 8.14. The minimum Gasteiger partial charge on any atom is -0.462 e. The Hall–Kier alpha value is -3.51.